The summed E-state index contributed by atoms with van der Waals surface area (Å²) in [6.45, 7) is 3.54. The summed E-state index contributed by atoms with van der Waals surface area (Å²) in [6, 6.07) is 9.15. The average molecular weight is 430 g/mol. The third-order valence-electron chi connectivity index (χ3n) is 4.74. The first-order valence-electron chi connectivity index (χ1n) is 9.39. The van der Waals surface area contributed by atoms with Crippen molar-refractivity contribution in [2.45, 2.75) is 26.2 Å². The molecule has 1 aliphatic rings. The highest BCUT2D eigenvalue weighted by atomic mass is 32.2. The maximum atomic E-state index is 12.9. The summed E-state index contributed by atoms with van der Waals surface area (Å²) in [5.41, 5.74) is 1.68. The van der Waals surface area contributed by atoms with E-state index in [1.807, 2.05) is 16.7 Å². The van der Waals surface area contributed by atoms with E-state index < -0.39 is 0 Å². The van der Waals surface area contributed by atoms with Gasteiger partial charge in [0.1, 0.15) is 12.2 Å². The summed E-state index contributed by atoms with van der Waals surface area (Å²) in [6.07, 6.45) is 4.99. The van der Waals surface area contributed by atoms with E-state index in [-0.39, 0.29) is 18.4 Å². The molecule has 0 atom stereocenters. The van der Waals surface area contributed by atoms with Gasteiger partial charge in [-0.3, -0.25) is 14.3 Å². The second kappa shape index (κ2) is 9.76. The zero-order valence-corrected chi connectivity index (χ0v) is 18.1. The molecule has 2 amide bonds. The van der Waals surface area contributed by atoms with E-state index in [0.717, 1.165) is 42.9 Å². The van der Waals surface area contributed by atoms with Crippen molar-refractivity contribution in [2.75, 3.05) is 30.8 Å². The molecule has 0 bridgehead atoms. The van der Waals surface area contributed by atoms with Crippen LogP contribution in [0.5, 0.6) is 0 Å². The van der Waals surface area contributed by atoms with E-state index in [1.165, 1.54) is 23.3 Å². The Hall–Kier alpha value is -2.57. The lowest BCUT2D eigenvalue weighted by Gasteiger charge is -2.30. The van der Waals surface area contributed by atoms with Crippen LogP contribution in [0, 0.1) is 18.3 Å². The van der Waals surface area contributed by atoms with Gasteiger partial charge in [-0.2, -0.15) is 5.26 Å². The van der Waals surface area contributed by atoms with Gasteiger partial charge >= 0.3 is 0 Å². The Bertz CT molecular complexity index is 914. The molecule has 1 fully saturated rings. The van der Waals surface area contributed by atoms with Crippen molar-refractivity contribution >= 4 is 45.9 Å². The molecule has 1 aliphatic heterocycles. The fourth-order valence-corrected chi connectivity index (χ4v) is 4.42. The van der Waals surface area contributed by atoms with Crippen molar-refractivity contribution in [3.63, 3.8) is 0 Å². The van der Waals surface area contributed by atoms with Gasteiger partial charge in [-0.15, -0.1) is 11.3 Å². The molecule has 29 heavy (non-hydrogen) atoms. The van der Waals surface area contributed by atoms with Crippen LogP contribution in [-0.2, 0) is 4.79 Å². The highest BCUT2D eigenvalue weighted by molar-refractivity contribution is 7.97. The minimum Gasteiger partial charge on any atom is -0.341 e. The molecule has 1 aromatic heterocycles. The number of hydrogen-bond acceptors (Lipinski definition) is 7. The normalized spacial score (nSPS) is 13.6. The number of thiazole rings is 1. The number of nitrogens with zero attached hydrogens (tertiary/aromatic N) is 4. The number of benzene rings is 1. The summed E-state index contributed by atoms with van der Waals surface area (Å²) < 4.78 is 2.69. The number of carbonyl (C=O) groups excluding carboxylic acids is 2. The Morgan fingerprint density at radius 2 is 1.97 bits per heavy atom. The van der Waals surface area contributed by atoms with Crippen LogP contribution in [0.15, 0.2) is 24.3 Å². The van der Waals surface area contributed by atoms with Crippen molar-refractivity contribution < 1.29 is 9.59 Å². The van der Waals surface area contributed by atoms with E-state index in [2.05, 4.69) is 15.8 Å². The van der Waals surface area contributed by atoms with E-state index in [9.17, 15) is 9.59 Å². The summed E-state index contributed by atoms with van der Waals surface area (Å²) in [5, 5.41) is 9.66. The molecule has 2 aromatic rings. The molecule has 0 aliphatic carbocycles. The molecule has 7 nitrogen and oxygen atoms in total. The van der Waals surface area contributed by atoms with Crippen LogP contribution in [0.4, 0.5) is 10.8 Å². The molecule has 1 aromatic carbocycles. The van der Waals surface area contributed by atoms with Crippen molar-refractivity contribution in [2.24, 2.45) is 0 Å². The zero-order valence-electron chi connectivity index (χ0n) is 16.5. The van der Waals surface area contributed by atoms with Gasteiger partial charge in [-0.25, -0.2) is 4.98 Å². The number of piperidine rings is 1. The lowest BCUT2D eigenvalue weighted by molar-refractivity contribution is -0.130. The third-order valence-corrected chi connectivity index (χ3v) is 6.12. The van der Waals surface area contributed by atoms with Crippen molar-refractivity contribution in [1.82, 2.24) is 14.6 Å². The number of anilines is 2. The van der Waals surface area contributed by atoms with Gasteiger partial charge < -0.3 is 9.80 Å². The Morgan fingerprint density at radius 1 is 1.28 bits per heavy atom. The Kier molecular flexibility index (Phi) is 7.12. The lowest BCUT2D eigenvalue weighted by atomic mass is 10.1. The van der Waals surface area contributed by atoms with Crippen LogP contribution in [-0.4, -0.2) is 47.6 Å². The number of nitrogens with one attached hydrogen (secondary N) is 1. The van der Waals surface area contributed by atoms with Crippen LogP contribution in [0.25, 0.3) is 0 Å². The molecule has 0 saturated carbocycles. The number of nitriles is 1. The van der Waals surface area contributed by atoms with E-state index >= 15 is 0 Å². The number of amides is 2. The fourth-order valence-electron chi connectivity index (χ4n) is 3.21. The minimum atomic E-state index is -0.250. The smallest absolute Gasteiger partial charge is 0.280 e. The third kappa shape index (κ3) is 5.08. The molecule has 2 heterocycles. The number of rotatable bonds is 6. The average Bonchev–Trinajstić information content (AvgIpc) is 3.14. The van der Waals surface area contributed by atoms with Crippen LogP contribution in [0.1, 0.15) is 40.2 Å². The monoisotopic (exact) mass is 429 g/mol. The lowest BCUT2D eigenvalue weighted by Crippen LogP contribution is -2.41. The van der Waals surface area contributed by atoms with Gasteiger partial charge in [0, 0.05) is 29.9 Å². The van der Waals surface area contributed by atoms with Gasteiger partial charge in [-0.1, -0.05) is 11.9 Å². The van der Waals surface area contributed by atoms with Crippen LogP contribution < -0.4 is 9.62 Å². The second-order valence-corrected chi connectivity index (χ2v) is 8.52. The highest BCUT2D eigenvalue weighted by Gasteiger charge is 2.25. The van der Waals surface area contributed by atoms with Gasteiger partial charge in [0.2, 0.25) is 5.91 Å². The van der Waals surface area contributed by atoms with Crippen molar-refractivity contribution in [1.29, 1.82) is 5.26 Å². The number of carbonyl (C=O) groups is 2. The van der Waals surface area contributed by atoms with Crippen LogP contribution in [0.3, 0.4) is 0 Å². The molecule has 152 valence electrons. The molecule has 1 N–H and O–H groups in total. The standard InChI is InChI=1S/C20H23N5O2S2/c1-14-18(19(27)23-28-2)22-20(29-14)25(16-8-6-15(12-21)7-9-16)13-17(26)24-10-4-3-5-11-24/h6-9H,3-5,10-11,13H2,1-2H3,(H,23,27). The predicted octanol–water partition coefficient (Wildman–Crippen LogP) is 3.48. The predicted molar refractivity (Wildman–Crippen MR) is 116 cm³/mol. The van der Waals surface area contributed by atoms with Crippen molar-refractivity contribution in [3.05, 3.63) is 40.4 Å². The second-order valence-electron chi connectivity index (χ2n) is 6.72. The van der Waals surface area contributed by atoms with E-state index in [0.29, 0.717) is 16.4 Å². The number of likely N-dealkylation sites (tertiary alicyclic amines) is 1. The largest absolute Gasteiger partial charge is 0.341 e. The van der Waals surface area contributed by atoms with Gasteiger partial charge in [-0.05, 0) is 50.5 Å². The maximum absolute atomic E-state index is 12.9. The van der Waals surface area contributed by atoms with E-state index in [1.54, 1.807) is 30.5 Å². The molecule has 9 heteroatoms. The van der Waals surface area contributed by atoms with Crippen LogP contribution in [0.2, 0.25) is 0 Å². The molecule has 1 saturated heterocycles. The Balaban J connectivity index is 1.92. The molecular weight excluding hydrogens is 406 g/mol. The van der Waals surface area contributed by atoms with Gasteiger partial charge in [0.15, 0.2) is 5.13 Å². The first kappa shape index (κ1) is 21.1. The van der Waals surface area contributed by atoms with Crippen molar-refractivity contribution in [3.8, 4) is 6.07 Å². The Labute approximate surface area is 178 Å². The Morgan fingerprint density at radius 3 is 2.59 bits per heavy atom. The minimum absolute atomic E-state index is 0.0389. The maximum Gasteiger partial charge on any atom is 0.280 e. The van der Waals surface area contributed by atoms with Gasteiger partial charge in [0.05, 0.1) is 11.6 Å². The summed E-state index contributed by atoms with van der Waals surface area (Å²) in [5.74, 6) is -0.211. The summed E-state index contributed by atoms with van der Waals surface area (Å²) in [4.78, 5) is 34.2. The SMILES string of the molecule is CSNC(=O)c1nc(N(CC(=O)N2CCCCC2)c2ccc(C#N)cc2)sc1C. The molecule has 0 unspecified atom stereocenters. The first-order chi connectivity index (χ1) is 14.0. The summed E-state index contributed by atoms with van der Waals surface area (Å²) >= 11 is 2.60. The highest BCUT2D eigenvalue weighted by Crippen LogP contribution is 2.32. The zero-order chi connectivity index (χ0) is 20.8. The first-order valence-corrected chi connectivity index (χ1v) is 11.4. The number of aromatic nitrogens is 1. The number of aryl methyl sites for hydroxylation is 1. The molecule has 0 radical (unpaired) electrons. The quantitative estimate of drug-likeness (QED) is 0.707. The molecular formula is C20H23N5O2S2. The molecule has 0 spiro atoms. The summed E-state index contributed by atoms with van der Waals surface area (Å²) in [7, 11) is 0. The number of hydrogen-bond donors (Lipinski definition) is 1. The topological polar surface area (TPSA) is 89.3 Å². The fraction of sp³-hybridized carbons (Fsp3) is 0.400. The van der Waals surface area contributed by atoms with E-state index in [4.69, 9.17) is 5.26 Å². The van der Waals surface area contributed by atoms with Crippen LogP contribution >= 0.6 is 23.3 Å². The molecule has 3 rings (SSSR count). The van der Waals surface area contributed by atoms with Gasteiger partial charge in [0.25, 0.3) is 5.91 Å².